The summed E-state index contributed by atoms with van der Waals surface area (Å²) in [7, 11) is 0. The van der Waals surface area contributed by atoms with Crippen molar-refractivity contribution in [2.45, 2.75) is 37.8 Å². The zero-order valence-electron chi connectivity index (χ0n) is 16.0. The van der Waals surface area contributed by atoms with Crippen LogP contribution < -0.4 is 10.2 Å². The first kappa shape index (κ1) is 18.7. The highest BCUT2D eigenvalue weighted by Crippen LogP contribution is 2.32. The van der Waals surface area contributed by atoms with Gasteiger partial charge >= 0.3 is 0 Å². The molecule has 0 aromatic heterocycles. The normalized spacial score (nSPS) is 26.5. The number of amides is 1. The van der Waals surface area contributed by atoms with E-state index in [1.807, 2.05) is 4.90 Å². The quantitative estimate of drug-likeness (QED) is 0.756. The van der Waals surface area contributed by atoms with Gasteiger partial charge in [0.1, 0.15) is 0 Å². The Morgan fingerprint density at radius 3 is 2.59 bits per heavy atom. The molecule has 2 saturated heterocycles. The van der Waals surface area contributed by atoms with Gasteiger partial charge in [0.15, 0.2) is 5.60 Å². The lowest BCUT2D eigenvalue weighted by Crippen LogP contribution is -2.58. The second-order valence-corrected chi connectivity index (χ2v) is 8.20. The summed E-state index contributed by atoms with van der Waals surface area (Å²) in [5, 5.41) is 14.2. The van der Waals surface area contributed by atoms with Crippen LogP contribution in [0.5, 0.6) is 0 Å². The third-order valence-corrected chi connectivity index (χ3v) is 5.94. The molecule has 1 atom stereocenters. The van der Waals surface area contributed by atoms with E-state index in [4.69, 9.17) is 4.74 Å². The first-order valence-corrected chi connectivity index (χ1v) is 10.3. The number of aliphatic hydroxyl groups is 1. The average Bonchev–Trinajstić information content (AvgIpc) is 3.51. The molecular weight excluding hydrogens is 342 g/mol. The number of carbonyl (C=O) groups excluding carboxylic acids is 1. The summed E-state index contributed by atoms with van der Waals surface area (Å²) < 4.78 is 5.40. The van der Waals surface area contributed by atoms with Gasteiger partial charge in [0.2, 0.25) is 0 Å². The number of ether oxygens (including phenoxy) is 1. The van der Waals surface area contributed by atoms with E-state index in [-0.39, 0.29) is 5.91 Å². The van der Waals surface area contributed by atoms with Gasteiger partial charge in [0.25, 0.3) is 5.91 Å². The molecule has 6 heteroatoms. The molecule has 0 unspecified atom stereocenters. The molecule has 2 heterocycles. The number of hydrogen-bond acceptors (Lipinski definition) is 5. The standard InChI is InChI=1S/C21H31N3O3/c25-20-21(26,8-1-9-24(20)15-18-2-3-18)16-22-14-17-4-6-19(7-5-17)23-10-12-27-13-11-23/h4-7,18,22,26H,1-3,8-16H2/t21-/m0/s1. The Bertz CT molecular complexity index is 641. The second kappa shape index (κ2) is 8.17. The minimum absolute atomic E-state index is 0.0872. The Balaban J connectivity index is 1.27. The molecular formula is C21H31N3O3. The van der Waals surface area contributed by atoms with Crippen molar-refractivity contribution in [1.82, 2.24) is 10.2 Å². The largest absolute Gasteiger partial charge is 0.379 e. The molecule has 148 valence electrons. The fourth-order valence-electron chi connectivity index (χ4n) is 4.08. The molecule has 2 aliphatic heterocycles. The van der Waals surface area contributed by atoms with E-state index in [0.29, 0.717) is 25.4 Å². The number of morpholine rings is 1. The number of anilines is 1. The zero-order chi connectivity index (χ0) is 18.7. The molecule has 4 rings (SSSR count). The van der Waals surface area contributed by atoms with Gasteiger partial charge < -0.3 is 25.0 Å². The summed E-state index contributed by atoms with van der Waals surface area (Å²) in [5.74, 6) is 0.574. The van der Waals surface area contributed by atoms with E-state index in [1.165, 1.54) is 18.5 Å². The topological polar surface area (TPSA) is 65.0 Å². The highest BCUT2D eigenvalue weighted by atomic mass is 16.5. The van der Waals surface area contributed by atoms with Crippen molar-refractivity contribution < 1.29 is 14.6 Å². The van der Waals surface area contributed by atoms with Crippen LogP contribution in [0.1, 0.15) is 31.2 Å². The van der Waals surface area contributed by atoms with Gasteiger partial charge in [-0.25, -0.2) is 0 Å². The number of piperidine rings is 1. The Labute approximate surface area is 161 Å². The van der Waals surface area contributed by atoms with Crippen molar-refractivity contribution in [2.24, 2.45) is 5.92 Å². The van der Waals surface area contributed by atoms with Gasteiger partial charge in [-0.05, 0) is 49.3 Å². The number of nitrogens with zero attached hydrogens (tertiary/aromatic N) is 2. The lowest BCUT2D eigenvalue weighted by molar-refractivity contribution is -0.156. The third-order valence-electron chi connectivity index (χ3n) is 5.94. The Morgan fingerprint density at radius 2 is 1.89 bits per heavy atom. The minimum Gasteiger partial charge on any atom is -0.379 e. The molecule has 6 nitrogen and oxygen atoms in total. The first-order chi connectivity index (χ1) is 13.1. The van der Waals surface area contributed by atoms with Crippen LogP contribution in [-0.2, 0) is 16.1 Å². The molecule has 3 aliphatic rings. The van der Waals surface area contributed by atoms with Gasteiger partial charge in [-0.15, -0.1) is 0 Å². The summed E-state index contributed by atoms with van der Waals surface area (Å²) in [5.41, 5.74) is 1.13. The summed E-state index contributed by atoms with van der Waals surface area (Å²) in [6.07, 6.45) is 3.88. The maximum atomic E-state index is 12.7. The van der Waals surface area contributed by atoms with E-state index < -0.39 is 5.60 Å². The van der Waals surface area contributed by atoms with Crippen molar-refractivity contribution in [3.8, 4) is 0 Å². The molecule has 1 aromatic rings. The van der Waals surface area contributed by atoms with E-state index in [1.54, 1.807) is 0 Å². The molecule has 1 amide bonds. The lowest BCUT2D eigenvalue weighted by Gasteiger charge is -2.38. The molecule has 1 saturated carbocycles. The number of likely N-dealkylation sites (tertiary alicyclic amines) is 1. The Hall–Kier alpha value is -1.63. The van der Waals surface area contributed by atoms with Crippen molar-refractivity contribution >= 4 is 11.6 Å². The van der Waals surface area contributed by atoms with E-state index in [2.05, 4.69) is 34.5 Å². The predicted molar refractivity (Wildman–Crippen MR) is 105 cm³/mol. The SMILES string of the molecule is O=C1N(CC2CC2)CCC[C@]1(O)CNCc1ccc(N2CCOCC2)cc1. The molecule has 2 N–H and O–H groups in total. The number of carbonyl (C=O) groups is 1. The van der Waals surface area contributed by atoms with Crippen LogP contribution >= 0.6 is 0 Å². The molecule has 0 radical (unpaired) electrons. The average molecular weight is 373 g/mol. The van der Waals surface area contributed by atoms with Crippen LogP contribution in [0, 0.1) is 5.92 Å². The van der Waals surface area contributed by atoms with E-state index in [9.17, 15) is 9.90 Å². The van der Waals surface area contributed by atoms with Crippen molar-refractivity contribution in [3.63, 3.8) is 0 Å². The van der Waals surface area contributed by atoms with Gasteiger partial charge in [-0.1, -0.05) is 12.1 Å². The van der Waals surface area contributed by atoms with E-state index in [0.717, 1.165) is 51.4 Å². The van der Waals surface area contributed by atoms with Crippen molar-refractivity contribution in [2.75, 3.05) is 50.8 Å². The summed E-state index contributed by atoms with van der Waals surface area (Å²) in [4.78, 5) is 16.9. The van der Waals surface area contributed by atoms with Crippen LogP contribution in [0.2, 0.25) is 0 Å². The zero-order valence-corrected chi connectivity index (χ0v) is 16.0. The van der Waals surface area contributed by atoms with Gasteiger partial charge in [-0.3, -0.25) is 4.79 Å². The molecule has 1 aliphatic carbocycles. The summed E-state index contributed by atoms with van der Waals surface area (Å²) >= 11 is 0. The van der Waals surface area contributed by atoms with Crippen LogP contribution in [0.3, 0.4) is 0 Å². The molecule has 0 spiro atoms. The number of rotatable bonds is 7. The van der Waals surface area contributed by atoms with Crippen LogP contribution in [-0.4, -0.2) is 67.5 Å². The fourth-order valence-corrected chi connectivity index (χ4v) is 4.08. The number of nitrogens with one attached hydrogen (secondary N) is 1. The van der Waals surface area contributed by atoms with Crippen molar-refractivity contribution in [3.05, 3.63) is 29.8 Å². The fraction of sp³-hybridized carbons (Fsp3) is 0.667. The highest BCUT2D eigenvalue weighted by Gasteiger charge is 2.43. The van der Waals surface area contributed by atoms with Crippen LogP contribution in [0.15, 0.2) is 24.3 Å². The second-order valence-electron chi connectivity index (χ2n) is 8.20. The third kappa shape index (κ3) is 4.62. The number of hydrogen-bond donors (Lipinski definition) is 2. The summed E-state index contributed by atoms with van der Waals surface area (Å²) in [6.45, 7) is 6.03. The molecule has 0 bridgehead atoms. The maximum Gasteiger partial charge on any atom is 0.255 e. The molecule has 1 aromatic carbocycles. The first-order valence-electron chi connectivity index (χ1n) is 10.3. The smallest absolute Gasteiger partial charge is 0.255 e. The number of benzene rings is 1. The van der Waals surface area contributed by atoms with Crippen molar-refractivity contribution in [1.29, 1.82) is 0 Å². The Morgan fingerprint density at radius 1 is 1.15 bits per heavy atom. The monoisotopic (exact) mass is 373 g/mol. The van der Waals surface area contributed by atoms with Crippen LogP contribution in [0.25, 0.3) is 0 Å². The van der Waals surface area contributed by atoms with Crippen LogP contribution in [0.4, 0.5) is 5.69 Å². The van der Waals surface area contributed by atoms with Gasteiger partial charge in [-0.2, -0.15) is 0 Å². The summed E-state index contributed by atoms with van der Waals surface area (Å²) in [6, 6.07) is 8.51. The predicted octanol–water partition coefficient (Wildman–Crippen LogP) is 1.38. The van der Waals surface area contributed by atoms with E-state index >= 15 is 0 Å². The maximum absolute atomic E-state index is 12.7. The lowest BCUT2D eigenvalue weighted by atomic mass is 9.91. The minimum atomic E-state index is -1.25. The van der Waals surface area contributed by atoms with Gasteiger partial charge in [0.05, 0.1) is 13.2 Å². The molecule has 27 heavy (non-hydrogen) atoms. The molecule has 3 fully saturated rings. The highest BCUT2D eigenvalue weighted by molar-refractivity contribution is 5.86. The van der Waals surface area contributed by atoms with Gasteiger partial charge in [0, 0.05) is 45.0 Å². The Kier molecular flexibility index (Phi) is 5.66.